The molecule has 0 saturated carbocycles. The highest BCUT2D eigenvalue weighted by molar-refractivity contribution is 7.88. The van der Waals surface area contributed by atoms with E-state index in [0.29, 0.717) is 24.9 Å². The number of aromatic nitrogens is 1. The number of nitrogens with one attached hydrogen (secondary N) is 3. The number of nitrogens with zero attached hydrogens (tertiary/aromatic N) is 2. The summed E-state index contributed by atoms with van der Waals surface area (Å²) in [6, 6.07) is 2.60. The summed E-state index contributed by atoms with van der Waals surface area (Å²) in [6.07, 6.45) is 3.91. The summed E-state index contributed by atoms with van der Waals surface area (Å²) in [5.74, 6) is -1.12. The van der Waals surface area contributed by atoms with E-state index >= 15 is 0 Å². The first-order chi connectivity index (χ1) is 16.1. The third-order valence-corrected chi connectivity index (χ3v) is 8.48. The molecule has 2 fully saturated rings. The average Bonchev–Trinajstić information content (AvgIpc) is 3.49. The van der Waals surface area contributed by atoms with Crippen LogP contribution < -0.4 is 10.6 Å². The minimum Gasteiger partial charge on any atom is -0.361 e. The Balaban J connectivity index is 1.69. The molecule has 2 aromatic rings. The molecule has 2 aliphatic rings. The largest absolute Gasteiger partial charge is 0.361 e. The number of likely N-dealkylation sites (tertiary alicyclic amines) is 1. The van der Waals surface area contributed by atoms with Gasteiger partial charge in [-0.15, -0.1) is 0 Å². The van der Waals surface area contributed by atoms with Gasteiger partial charge in [0, 0.05) is 42.1 Å². The molecule has 4 rings (SSSR count). The minimum absolute atomic E-state index is 0.210. The van der Waals surface area contributed by atoms with E-state index in [-0.39, 0.29) is 42.2 Å². The van der Waals surface area contributed by atoms with Crippen molar-refractivity contribution in [2.24, 2.45) is 0 Å². The highest BCUT2D eigenvalue weighted by Crippen LogP contribution is 2.44. The Morgan fingerprint density at radius 1 is 1.32 bits per heavy atom. The van der Waals surface area contributed by atoms with Gasteiger partial charge >= 0.3 is 0 Å². The second kappa shape index (κ2) is 9.27. The van der Waals surface area contributed by atoms with Crippen LogP contribution in [0.25, 0.3) is 10.9 Å². The molecule has 2 saturated heterocycles. The molecule has 2 amide bonds. The third-order valence-electron chi connectivity index (χ3n) is 7.21. The molecule has 3 heterocycles. The molecule has 5 unspecified atom stereocenters. The maximum absolute atomic E-state index is 13.7. The highest BCUT2D eigenvalue weighted by atomic mass is 32.2. The number of amides is 2. The van der Waals surface area contributed by atoms with Gasteiger partial charge in [-0.25, -0.2) is 12.8 Å². The Morgan fingerprint density at radius 3 is 2.71 bits per heavy atom. The first-order valence-corrected chi connectivity index (χ1v) is 13.4. The normalized spacial score (nSPS) is 24.9. The van der Waals surface area contributed by atoms with Crippen molar-refractivity contribution in [3.63, 3.8) is 0 Å². The van der Waals surface area contributed by atoms with Gasteiger partial charge in [0.15, 0.2) is 0 Å². The van der Waals surface area contributed by atoms with Crippen molar-refractivity contribution in [2.45, 2.75) is 56.8 Å². The van der Waals surface area contributed by atoms with Gasteiger partial charge in [0.2, 0.25) is 21.8 Å². The number of aromatic amines is 1. The van der Waals surface area contributed by atoms with Crippen LogP contribution in [0.3, 0.4) is 0 Å². The van der Waals surface area contributed by atoms with Gasteiger partial charge in [-0.2, -0.15) is 4.31 Å². The number of H-pyrrole nitrogens is 1. The lowest BCUT2D eigenvalue weighted by molar-refractivity contribution is -0.137. The van der Waals surface area contributed by atoms with Crippen molar-refractivity contribution < 1.29 is 22.4 Å². The Bertz CT molecular complexity index is 1200. The minimum atomic E-state index is -3.50. The van der Waals surface area contributed by atoms with E-state index in [1.54, 1.807) is 31.1 Å². The molecule has 3 N–H and O–H groups in total. The number of fused-ring (bicyclic) bond motifs is 2. The van der Waals surface area contributed by atoms with Crippen molar-refractivity contribution in [1.82, 2.24) is 24.8 Å². The van der Waals surface area contributed by atoms with Crippen LogP contribution in [0.15, 0.2) is 24.4 Å². The van der Waals surface area contributed by atoms with Crippen LogP contribution in [0.2, 0.25) is 0 Å². The molecule has 2 aliphatic heterocycles. The van der Waals surface area contributed by atoms with E-state index in [9.17, 15) is 22.4 Å². The van der Waals surface area contributed by atoms with E-state index in [1.165, 1.54) is 22.7 Å². The van der Waals surface area contributed by atoms with Crippen LogP contribution in [-0.2, 0) is 19.6 Å². The lowest BCUT2D eigenvalue weighted by atomic mass is 9.91. The number of halogens is 1. The summed E-state index contributed by atoms with van der Waals surface area (Å²) in [6.45, 7) is 4.20. The van der Waals surface area contributed by atoms with Crippen molar-refractivity contribution in [1.29, 1.82) is 0 Å². The van der Waals surface area contributed by atoms with Crippen molar-refractivity contribution in [3.8, 4) is 0 Å². The number of hydrogen-bond acceptors (Lipinski definition) is 5. The number of hydrogen-bond donors (Lipinski definition) is 3. The molecule has 9 nitrogen and oxygen atoms in total. The lowest BCUT2D eigenvalue weighted by Gasteiger charge is -2.32. The second-order valence-corrected chi connectivity index (χ2v) is 11.2. The highest BCUT2D eigenvalue weighted by Gasteiger charge is 2.54. The van der Waals surface area contributed by atoms with Crippen LogP contribution in [0.5, 0.6) is 0 Å². The summed E-state index contributed by atoms with van der Waals surface area (Å²) in [7, 11) is -1.83. The predicted octanol–water partition coefficient (Wildman–Crippen LogP) is 1.14. The zero-order valence-corrected chi connectivity index (χ0v) is 20.7. The maximum atomic E-state index is 13.7. The first-order valence-electron chi connectivity index (χ1n) is 11.6. The zero-order valence-electron chi connectivity index (χ0n) is 19.8. The fraction of sp³-hybridized carbons (Fsp3) is 0.565. The van der Waals surface area contributed by atoms with E-state index in [2.05, 4.69) is 15.6 Å². The average molecular weight is 494 g/mol. The predicted molar refractivity (Wildman–Crippen MR) is 127 cm³/mol. The number of carbonyl (C=O) groups is 2. The number of carbonyl (C=O) groups excluding carboxylic acids is 2. The molecule has 186 valence electrons. The van der Waals surface area contributed by atoms with Crippen LogP contribution in [0.4, 0.5) is 4.39 Å². The standard InChI is InChI=1S/C23H32FN5O4S/c1-5-18(27-22(30)13(2)25-3)23(31)28-9-8-20-21(28)17(12-29(20)34(4,32)33)16-11-26-19-10-14(24)6-7-15(16)19/h6-7,10-11,13,17-18,20-21,25-26H,5,8-9,12H2,1-4H3,(H,27,30). The molecular weight excluding hydrogens is 461 g/mol. The van der Waals surface area contributed by atoms with Gasteiger partial charge in [-0.3, -0.25) is 9.59 Å². The third kappa shape index (κ3) is 4.32. The van der Waals surface area contributed by atoms with E-state index < -0.39 is 22.1 Å². The lowest BCUT2D eigenvalue weighted by Crippen LogP contribution is -2.54. The number of sulfonamides is 1. The summed E-state index contributed by atoms with van der Waals surface area (Å²) in [4.78, 5) is 30.9. The molecular formula is C23H32FN5O4S. The SMILES string of the molecule is CCC(NC(=O)C(C)NC)C(=O)N1CCC2C1C(c1c[nH]c3cc(F)ccc13)CN2S(C)(=O)=O. The van der Waals surface area contributed by atoms with Crippen molar-refractivity contribution in [3.05, 3.63) is 35.8 Å². The molecule has 0 radical (unpaired) electrons. The molecule has 0 spiro atoms. The molecule has 5 atom stereocenters. The molecule has 0 bridgehead atoms. The monoisotopic (exact) mass is 493 g/mol. The topological polar surface area (TPSA) is 115 Å². The smallest absolute Gasteiger partial charge is 0.245 e. The number of benzene rings is 1. The van der Waals surface area contributed by atoms with Gasteiger partial charge in [0.1, 0.15) is 11.9 Å². The van der Waals surface area contributed by atoms with Gasteiger partial charge in [-0.1, -0.05) is 6.92 Å². The van der Waals surface area contributed by atoms with Crippen molar-refractivity contribution in [2.75, 3.05) is 26.4 Å². The first kappa shape index (κ1) is 24.6. The second-order valence-electron chi connectivity index (χ2n) is 9.23. The molecule has 11 heteroatoms. The Kier molecular flexibility index (Phi) is 6.71. The quantitative estimate of drug-likeness (QED) is 0.535. The molecule has 34 heavy (non-hydrogen) atoms. The number of rotatable bonds is 7. The van der Waals surface area contributed by atoms with E-state index in [4.69, 9.17) is 0 Å². The van der Waals surface area contributed by atoms with Gasteiger partial charge in [0.25, 0.3) is 0 Å². The van der Waals surface area contributed by atoms with Gasteiger partial charge in [0.05, 0.1) is 18.3 Å². The summed E-state index contributed by atoms with van der Waals surface area (Å²) >= 11 is 0. The fourth-order valence-corrected chi connectivity index (χ4v) is 6.50. The molecule has 1 aromatic carbocycles. The van der Waals surface area contributed by atoms with Crippen LogP contribution in [0, 0.1) is 5.82 Å². The van der Waals surface area contributed by atoms with Crippen LogP contribution in [-0.4, -0.2) is 85.0 Å². The molecule has 1 aromatic heterocycles. The Hall–Kier alpha value is -2.50. The van der Waals surface area contributed by atoms with Gasteiger partial charge < -0.3 is 20.5 Å². The summed E-state index contributed by atoms with van der Waals surface area (Å²) < 4.78 is 40.5. The van der Waals surface area contributed by atoms with Crippen molar-refractivity contribution >= 4 is 32.7 Å². The van der Waals surface area contributed by atoms with Gasteiger partial charge in [-0.05, 0) is 50.6 Å². The summed E-state index contributed by atoms with van der Waals surface area (Å²) in [5, 5.41) is 6.50. The summed E-state index contributed by atoms with van der Waals surface area (Å²) in [5.41, 5.74) is 1.48. The van der Waals surface area contributed by atoms with E-state index in [0.717, 1.165) is 10.9 Å². The van der Waals surface area contributed by atoms with Crippen LogP contribution in [0.1, 0.15) is 38.2 Å². The zero-order chi connectivity index (χ0) is 24.8. The Morgan fingerprint density at radius 2 is 2.06 bits per heavy atom. The Labute approximate surface area is 199 Å². The number of likely N-dealkylation sites (N-methyl/N-ethyl adjacent to an activating group) is 1. The van der Waals surface area contributed by atoms with Crippen LogP contribution >= 0.6 is 0 Å². The molecule has 0 aliphatic carbocycles. The fourth-order valence-electron chi connectivity index (χ4n) is 5.35. The van der Waals surface area contributed by atoms with E-state index in [1.807, 2.05) is 6.92 Å². The maximum Gasteiger partial charge on any atom is 0.245 e.